The molecule has 0 radical (unpaired) electrons. The van der Waals surface area contributed by atoms with Crippen LogP contribution >= 0.6 is 15.9 Å². The molecule has 0 aromatic heterocycles. The van der Waals surface area contributed by atoms with Crippen LogP contribution in [0.1, 0.15) is 13.8 Å². The number of halogens is 2. The summed E-state index contributed by atoms with van der Waals surface area (Å²) in [5.41, 5.74) is 0. The molecule has 1 aromatic rings. The van der Waals surface area contributed by atoms with E-state index in [4.69, 9.17) is 0 Å². The highest BCUT2D eigenvalue weighted by Crippen LogP contribution is 2.21. The predicted octanol–water partition coefficient (Wildman–Crippen LogP) is 3.02. The molecular weight excluding hydrogens is 283 g/mol. The van der Waals surface area contributed by atoms with Gasteiger partial charge in [-0.3, -0.25) is 0 Å². The monoisotopic (exact) mass is 294 g/mol. The van der Waals surface area contributed by atoms with Crippen molar-refractivity contribution in [3.63, 3.8) is 0 Å². The minimum Gasteiger partial charge on any atom is -0.224 e. The molecule has 0 heterocycles. The Labute approximate surface area is 97.5 Å². The molecule has 1 rings (SSSR count). The Balaban J connectivity index is 3.11. The Kier molecular flexibility index (Phi) is 3.89. The number of hydrogen-bond acceptors (Lipinski definition) is 2. The van der Waals surface area contributed by atoms with Gasteiger partial charge >= 0.3 is 0 Å². The van der Waals surface area contributed by atoms with Crippen LogP contribution in [0.25, 0.3) is 0 Å². The molecule has 15 heavy (non-hydrogen) atoms. The van der Waals surface area contributed by atoms with Crippen LogP contribution in [0, 0.1) is 11.7 Å². The van der Waals surface area contributed by atoms with E-state index in [1.54, 1.807) is 0 Å². The molecule has 5 heteroatoms. The van der Waals surface area contributed by atoms with Gasteiger partial charge in [0.2, 0.25) is 0 Å². The van der Waals surface area contributed by atoms with E-state index in [2.05, 4.69) is 15.9 Å². The zero-order valence-electron chi connectivity index (χ0n) is 8.50. The minimum atomic E-state index is -3.30. The molecule has 0 aliphatic heterocycles. The van der Waals surface area contributed by atoms with Crippen LogP contribution in [-0.4, -0.2) is 14.2 Å². The van der Waals surface area contributed by atoms with Gasteiger partial charge in [0.25, 0.3) is 0 Å². The van der Waals surface area contributed by atoms with Gasteiger partial charge in [0, 0.05) is 0 Å². The largest absolute Gasteiger partial charge is 0.224 e. The molecular formula is C10H12BrFO2S. The van der Waals surface area contributed by atoms with Gasteiger partial charge in [-0.15, -0.1) is 0 Å². The second-order valence-electron chi connectivity index (χ2n) is 3.75. The fourth-order valence-electron chi connectivity index (χ4n) is 1.21. The van der Waals surface area contributed by atoms with E-state index in [0.29, 0.717) is 0 Å². The minimum absolute atomic E-state index is 0.0545. The van der Waals surface area contributed by atoms with Gasteiger partial charge in [0.05, 0.1) is 15.1 Å². The van der Waals surface area contributed by atoms with Crippen LogP contribution in [0.15, 0.2) is 27.6 Å². The molecule has 0 bridgehead atoms. The van der Waals surface area contributed by atoms with Crippen molar-refractivity contribution in [2.24, 2.45) is 5.92 Å². The number of rotatable bonds is 3. The first-order chi connectivity index (χ1) is 6.83. The third-order valence-electron chi connectivity index (χ3n) is 1.80. The summed E-state index contributed by atoms with van der Waals surface area (Å²) in [7, 11) is -3.30. The first kappa shape index (κ1) is 12.6. The van der Waals surface area contributed by atoms with Crippen molar-refractivity contribution in [1.82, 2.24) is 0 Å². The highest BCUT2D eigenvalue weighted by Gasteiger charge is 2.17. The normalized spacial score (nSPS) is 12.1. The fraction of sp³-hybridized carbons (Fsp3) is 0.400. The molecule has 0 saturated carbocycles. The van der Waals surface area contributed by atoms with E-state index < -0.39 is 15.7 Å². The zero-order chi connectivity index (χ0) is 11.6. The van der Waals surface area contributed by atoms with Crippen molar-refractivity contribution in [3.05, 3.63) is 28.5 Å². The summed E-state index contributed by atoms with van der Waals surface area (Å²) in [6.45, 7) is 3.66. The summed E-state index contributed by atoms with van der Waals surface area (Å²) in [6, 6.07) is 3.74. The lowest BCUT2D eigenvalue weighted by atomic mass is 10.3. The molecule has 0 spiro atoms. The lowest BCUT2D eigenvalue weighted by Gasteiger charge is -2.07. The molecule has 0 fully saturated rings. The van der Waals surface area contributed by atoms with Crippen molar-refractivity contribution < 1.29 is 12.8 Å². The van der Waals surface area contributed by atoms with Crippen molar-refractivity contribution in [2.75, 3.05) is 5.75 Å². The molecule has 2 nitrogen and oxygen atoms in total. The van der Waals surface area contributed by atoms with Crippen molar-refractivity contribution in [1.29, 1.82) is 0 Å². The van der Waals surface area contributed by atoms with E-state index >= 15 is 0 Å². The highest BCUT2D eigenvalue weighted by atomic mass is 79.9. The van der Waals surface area contributed by atoms with Crippen LogP contribution < -0.4 is 0 Å². The third-order valence-corrected chi connectivity index (χ3v) is 4.49. The van der Waals surface area contributed by atoms with Crippen LogP contribution in [0.2, 0.25) is 0 Å². The van der Waals surface area contributed by atoms with E-state index in [1.165, 1.54) is 12.1 Å². The number of benzene rings is 1. The molecule has 0 amide bonds. The highest BCUT2D eigenvalue weighted by molar-refractivity contribution is 9.10. The summed E-state index contributed by atoms with van der Waals surface area (Å²) in [4.78, 5) is 0.157. The van der Waals surface area contributed by atoms with Gasteiger partial charge in [-0.25, -0.2) is 12.8 Å². The Morgan fingerprint density at radius 2 is 2.00 bits per heavy atom. The zero-order valence-corrected chi connectivity index (χ0v) is 10.9. The Hall–Kier alpha value is -0.420. The lowest BCUT2D eigenvalue weighted by Crippen LogP contribution is -2.11. The number of sulfone groups is 1. The molecule has 84 valence electrons. The second kappa shape index (κ2) is 4.61. The molecule has 0 N–H and O–H groups in total. The van der Waals surface area contributed by atoms with Gasteiger partial charge in [-0.1, -0.05) is 13.8 Å². The number of hydrogen-bond donors (Lipinski definition) is 0. The molecule has 0 saturated heterocycles. The van der Waals surface area contributed by atoms with Gasteiger partial charge in [0.1, 0.15) is 5.82 Å². The van der Waals surface area contributed by atoms with Crippen molar-refractivity contribution >= 4 is 25.8 Å². The maximum Gasteiger partial charge on any atom is 0.178 e. The summed E-state index contributed by atoms with van der Waals surface area (Å²) in [6.07, 6.45) is 0. The quantitative estimate of drug-likeness (QED) is 0.803. The lowest BCUT2D eigenvalue weighted by molar-refractivity contribution is 0.581. The van der Waals surface area contributed by atoms with E-state index in [9.17, 15) is 12.8 Å². The van der Waals surface area contributed by atoms with Crippen molar-refractivity contribution in [2.45, 2.75) is 18.7 Å². The summed E-state index contributed by atoms with van der Waals surface area (Å²) in [5, 5.41) is 0. The van der Waals surface area contributed by atoms with Crippen LogP contribution in [-0.2, 0) is 9.84 Å². The summed E-state index contributed by atoms with van der Waals surface area (Å²) >= 11 is 2.97. The predicted molar refractivity (Wildman–Crippen MR) is 61.0 cm³/mol. The van der Waals surface area contributed by atoms with Gasteiger partial charge in [0.15, 0.2) is 9.84 Å². The maximum absolute atomic E-state index is 12.9. The van der Waals surface area contributed by atoms with Crippen LogP contribution in [0.5, 0.6) is 0 Å². The Bertz CT molecular complexity index is 454. The maximum atomic E-state index is 12.9. The van der Waals surface area contributed by atoms with Gasteiger partial charge < -0.3 is 0 Å². The molecule has 0 unspecified atom stereocenters. The Morgan fingerprint density at radius 3 is 2.47 bits per heavy atom. The van der Waals surface area contributed by atoms with Crippen LogP contribution in [0.4, 0.5) is 4.39 Å². The summed E-state index contributed by atoms with van der Waals surface area (Å²) in [5.74, 6) is -0.331. The average Bonchev–Trinajstić information content (AvgIpc) is 2.07. The molecule has 0 atom stereocenters. The van der Waals surface area contributed by atoms with E-state index in [-0.39, 0.29) is 21.0 Å². The molecule has 1 aromatic carbocycles. The first-order valence-electron chi connectivity index (χ1n) is 4.51. The molecule has 0 aliphatic rings. The SMILES string of the molecule is CC(C)CS(=O)(=O)c1ccc(F)c(Br)c1. The second-order valence-corrected chi connectivity index (χ2v) is 6.64. The van der Waals surface area contributed by atoms with E-state index in [1.807, 2.05) is 13.8 Å². The standard InChI is InChI=1S/C10H12BrFO2S/c1-7(2)6-15(13,14)8-3-4-10(12)9(11)5-8/h3-5,7H,6H2,1-2H3. The topological polar surface area (TPSA) is 34.1 Å². The van der Waals surface area contributed by atoms with Crippen LogP contribution in [0.3, 0.4) is 0 Å². The van der Waals surface area contributed by atoms with E-state index in [0.717, 1.165) is 6.07 Å². The smallest absolute Gasteiger partial charge is 0.178 e. The fourth-order valence-corrected chi connectivity index (χ4v) is 3.38. The Morgan fingerprint density at radius 1 is 1.40 bits per heavy atom. The summed E-state index contributed by atoms with van der Waals surface area (Å²) < 4.78 is 36.6. The van der Waals surface area contributed by atoms with Crippen molar-refractivity contribution in [3.8, 4) is 0 Å². The third kappa shape index (κ3) is 3.28. The van der Waals surface area contributed by atoms with Gasteiger partial charge in [-0.05, 0) is 40.0 Å². The molecule has 0 aliphatic carbocycles. The van der Waals surface area contributed by atoms with Gasteiger partial charge in [-0.2, -0.15) is 0 Å². The average molecular weight is 295 g/mol. The first-order valence-corrected chi connectivity index (χ1v) is 6.95.